The molecule has 1 aromatic heterocycles. The predicted octanol–water partition coefficient (Wildman–Crippen LogP) is 3.29. The first-order valence-electron chi connectivity index (χ1n) is 8.07. The summed E-state index contributed by atoms with van der Waals surface area (Å²) in [5, 5.41) is 2.77. The minimum Gasteiger partial charge on any atom is -0.342 e. The number of hydrogen-bond donors (Lipinski definition) is 1. The average molecular weight is 330 g/mol. The first-order chi connectivity index (χ1) is 12.3. The maximum absolute atomic E-state index is 12.4. The lowest BCUT2D eigenvalue weighted by Gasteiger charge is -2.13. The van der Waals surface area contributed by atoms with Gasteiger partial charge in [0.25, 0.3) is 5.91 Å². The van der Waals surface area contributed by atoms with Gasteiger partial charge in [-0.3, -0.25) is 9.78 Å². The van der Waals surface area contributed by atoms with Crippen molar-refractivity contribution < 1.29 is 9.59 Å². The number of carbonyl (C=O) groups is 2. The highest BCUT2D eigenvalue weighted by Gasteiger charge is 2.13. The second-order valence-corrected chi connectivity index (χ2v) is 5.72. The molecule has 4 nitrogen and oxygen atoms in total. The Balaban J connectivity index is 1.67. The van der Waals surface area contributed by atoms with Gasteiger partial charge < -0.3 is 10.1 Å². The molecular weight excluding hydrogens is 312 g/mol. The Bertz CT molecular complexity index is 831. The minimum absolute atomic E-state index is 0.255. The van der Waals surface area contributed by atoms with Crippen LogP contribution in [0.15, 0.2) is 79.1 Å². The summed E-state index contributed by atoms with van der Waals surface area (Å²) in [6, 6.07) is 20.2. The molecule has 3 rings (SSSR count). The third-order valence-corrected chi connectivity index (χ3v) is 3.94. The van der Waals surface area contributed by atoms with E-state index < -0.39 is 6.04 Å². The molecule has 0 bridgehead atoms. The van der Waals surface area contributed by atoms with Gasteiger partial charge in [0.1, 0.15) is 6.29 Å². The third kappa shape index (κ3) is 4.38. The van der Waals surface area contributed by atoms with Crippen molar-refractivity contribution in [1.82, 2.24) is 10.3 Å². The summed E-state index contributed by atoms with van der Waals surface area (Å²) in [6.45, 7) is 0. The Labute approximate surface area is 146 Å². The van der Waals surface area contributed by atoms with E-state index in [1.807, 2.05) is 54.6 Å². The van der Waals surface area contributed by atoms with E-state index in [0.29, 0.717) is 12.0 Å². The van der Waals surface area contributed by atoms with Gasteiger partial charge in [-0.25, -0.2) is 0 Å². The van der Waals surface area contributed by atoms with E-state index in [9.17, 15) is 9.59 Å². The van der Waals surface area contributed by atoms with Crippen molar-refractivity contribution in [2.75, 3.05) is 0 Å². The average Bonchev–Trinajstić information content (AvgIpc) is 2.69. The number of carbonyl (C=O) groups excluding carboxylic acids is 2. The van der Waals surface area contributed by atoms with Crippen LogP contribution in [-0.2, 0) is 11.2 Å². The van der Waals surface area contributed by atoms with Crippen molar-refractivity contribution in [3.05, 3.63) is 90.3 Å². The van der Waals surface area contributed by atoms with E-state index in [1.165, 1.54) is 0 Å². The van der Waals surface area contributed by atoms with Crippen molar-refractivity contribution in [2.45, 2.75) is 12.5 Å². The monoisotopic (exact) mass is 330 g/mol. The fourth-order valence-corrected chi connectivity index (χ4v) is 2.61. The van der Waals surface area contributed by atoms with E-state index >= 15 is 0 Å². The first kappa shape index (κ1) is 16.6. The number of pyridine rings is 1. The van der Waals surface area contributed by atoms with Crippen LogP contribution >= 0.6 is 0 Å². The molecule has 0 unspecified atom stereocenters. The van der Waals surface area contributed by atoms with Crippen molar-refractivity contribution in [3.8, 4) is 11.1 Å². The maximum atomic E-state index is 12.4. The normalized spacial score (nSPS) is 11.5. The summed E-state index contributed by atoms with van der Waals surface area (Å²) in [4.78, 5) is 27.7. The molecule has 0 radical (unpaired) electrons. The highest BCUT2D eigenvalue weighted by molar-refractivity contribution is 5.96. The molecule has 1 atom stereocenters. The fourth-order valence-electron chi connectivity index (χ4n) is 2.61. The Morgan fingerprint density at radius 1 is 0.920 bits per heavy atom. The molecule has 124 valence electrons. The summed E-state index contributed by atoms with van der Waals surface area (Å²) in [7, 11) is 0. The zero-order valence-corrected chi connectivity index (χ0v) is 13.6. The quantitative estimate of drug-likeness (QED) is 0.706. The number of aldehydes is 1. The van der Waals surface area contributed by atoms with Crippen molar-refractivity contribution in [2.24, 2.45) is 0 Å². The molecule has 3 aromatic rings. The Morgan fingerprint density at radius 3 is 2.20 bits per heavy atom. The van der Waals surface area contributed by atoms with Crippen LogP contribution < -0.4 is 5.32 Å². The van der Waals surface area contributed by atoms with Gasteiger partial charge in [0.05, 0.1) is 6.04 Å². The summed E-state index contributed by atoms with van der Waals surface area (Å²) in [6.07, 6.45) is 4.71. The molecule has 4 heteroatoms. The van der Waals surface area contributed by atoms with Gasteiger partial charge in [-0.2, -0.15) is 0 Å². The van der Waals surface area contributed by atoms with Gasteiger partial charge in [-0.1, -0.05) is 42.5 Å². The van der Waals surface area contributed by atoms with E-state index in [0.717, 1.165) is 23.0 Å². The van der Waals surface area contributed by atoms with Crippen molar-refractivity contribution >= 4 is 12.2 Å². The van der Waals surface area contributed by atoms with Crippen LogP contribution in [0.3, 0.4) is 0 Å². The van der Waals surface area contributed by atoms with Gasteiger partial charge in [-0.15, -0.1) is 0 Å². The van der Waals surface area contributed by atoms with Gasteiger partial charge in [0, 0.05) is 18.0 Å². The summed E-state index contributed by atoms with van der Waals surface area (Å²) in [5.74, 6) is -0.255. The SMILES string of the molecule is O=C[C@H](Cc1ccccc1)NC(=O)c1ccc(-c2ccncc2)cc1. The smallest absolute Gasteiger partial charge is 0.251 e. The largest absolute Gasteiger partial charge is 0.342 e. The third-order valence-electron chi connectivity index (χ3n) is 3.94. The molecule has 0 aliphatic heterocycles. The lowest BCUT2D eigenvalue weighted by atomic mass is 10.0. The molecule has 0 aliphatic rings. The van der Waals surface area contributed by atoms with Gasteiger partial charge in [0.2, 0.25) is 0 Å². The number of rotatable bonds is 6. The fraction of sp³-hybridized carbons (Fsp3) is 0.0952. The van der Waals surface area contributed by atoms with E-state index in [2.05, 4.69) is 10.3 Å². The van der Waals surface area contributed by atoms with E-state index in [4.69, 9.17) is 0 Å². The topological polar surface area (TPSA) is 59.1 Å². The lowest BCUT2D eigenvalue weighted by Crippen LogP contribution is -2.37. The highest BCUT2D eigenvalue weighted by atomic mass is 16.2. The Morgan fingerprint density at radius 2 is 1.56 bits per heavy atom. The molecule has 0 fully saturated rings. The van der Waals surface area contributed by atoms with Crippen molar-refractivity contribution in [1.29, 1.82) is 0 Å². The highest BCUT2D eigenvalue weighted by Crippen LogP contribution is 2.18. The summed E-state index contributed by atoms with van der Waals surface area (Å²) >= 11 is 0. The second-order valence-electron chi connectivity index (χ2n) is 5.72. The first-order valence-corrected chi connectivity index (χ1v) is 8.07. The standard InChI is InChI=1S/C21H18N2O2/c24-15-20(14-16-4-2-1-3-5-16)23-21(25)19-8-6-17(7-9-19)18-10-12-22-13-11-18/h1-13,15,20H,14H2,(H,23,25)/t20-/m0/s1. The zero-order valence-electron chi connectivity index (χ0n) is 13.6. The van der Waals surface area contributed by atoms with Crippen LogP contribution in [-0.4, -0.2) is 23.2 Å². The van der Waals surface area contributed by atoms with Gasteiger partial charge in [0.15, 0.2) is 0 Å². The maximum Gasteiger partial charge on any atom is 0.251 e. The molecule has 1 N–H and O–H groups in total. The predicted molar refractivity (Wildman–Crippen MR) is 97.1 cm³/mol. The van der Waals surface area contributed by atoms with Crippen LogP contribution in [0, 0.1) is 0 Å². The zero-order chi connectivity index (χ0) is 17.5. The van der Waals surface area contributed by atoms with Crippen LogP contribution in [0.25, 0.3) is 11.1 Å². The molecule has 0 saturated heterocycles. The molecule has 1 amide bonds. The molecule has 0 saturated carbocycles. The Hall–Kier alpha value is -3.27. The number of nitrogens with zero attached hydrogens (tertiary/aromatic N) is 1. The van der Waals surface area contributed by atoms with Gasteiger partial charge in [-0.05, 0) is 47.4 Å². The second kappa shape index (κ2) is 8.02. The van der Waals surface area contributed by atoms with Crippen LogP contribution in [0.1, 0.15) is 15.9 Å². The van der Waals surface area contributed by atoms with Crippen LogP contribution in [0.2, 0.25) is 0 Å². The van der Waals surface area contributed by atoms with E-state index in [-0.39, 0.29) is 5.91 Å². The van der Waals surface area contributed by atoms with Crippen molar-refractivity contribution in [3.63, 3.8) is 0 Å². The Kier molecular flexibility index (Phi) is 5.32. The summed E-state index contributed by atoms with van der Waals surface area (Å²) < 4.78 is 0. The molecule has 1 heterocycles. The van der Waals surface area contributed by atoms with Crippen LogP contribution in [0.5, 0.6) is 0 Å². The number of hydrogen-bond acceptors (Lipinski definition) is 3. The number of benzene rings is 2. The van der Waals surface area contributed by atoms with E-state index in [1.54, 1.807) is 24.5 Å². The molecule has 0 aliphatic carbocycles. The summed E-state index contributed by atoms with van der Waals surface area (Å²) in [5.41, 5.74) is 3.58. The lowest BCUT2D eigenvalue weighted by molar-refractivity contribution is -0.109. The number of aromatic nitrogens is 1. The molecule has 0 spiro atoms. The van der Waals surface area contributed by atoms with Gasteiger partial charge >= 0.3 is 0 Å². The number of nitrogens with one attached hydrogen (secondary N) is 1. The molecule has 2 aromatic carbocycles. The molecular formula is C21H18N2O2. The number of amides is 1. The minimum atomic E-state index is -0.547. The molecule has 25 heavy (non-hydrogen) atoms. The van der Waals surface area contributed by atoms with Crippen LogP contribution in [0.4, 0.5) is 0 Å².